The Morgan fingerprint density at radius 1 is 1.04 bits per heavy atom. The van der Waals surface area contributed by atoms with Gasteiger partial charge in [0.15, 0.2) is 6.10 Å². The van der Waals surface area contributed by atoms with Crippen molar-refractivity contribution < 1.29 is 51.9 Å². The van der Waals surface area contributed by atoms with E-state index in [4.69, 9.17) is 38.7 Å². The van der Waals surface area contributed by atoms with Gasteiger partial charge in [0.25, 0.3) is 0 Å². The average molecular weight is 703 g/mol. The summed E-state index contributed by atoms with van der Waals surface area (Å²) < 4.78 is 54.5. The molecule has 0 aliphatic carbocycles. The first-order valence-corrected chi connectivity index (χ1v) is 17.2. The smallest absolute Gasteiger partial charge is 0.479 e. The van der Waals surface area contributed by atoms with Crippen LogP contribution in [0, 0.1) is 18.8 Å². The first kappa shape index (κ1) is 40.7. The number of ether oxygens (including phenoxy) is 6. The molecule has 2 rings (SSSR count). The monoisotopic (exact) mass is 702 g/mol. The average Bonchev–Trinajstić information content (AvgIpc) is 3.56. The van der Waals surface area contributed by atoms with E-state index in [-0.39, 0.29) is 36.4 Å². The Kier molecular flexibility index (Phi) is 15.5. The van der Waals surface area contributed by atoms with Gasteiger partial charge in [-0.2, -0.15) is 4.99 Å². The molecule has 0 aromatic carbocycles. The molecule has 272 valence electrons. The van der Waals surface area contributed by atoms with E-state index in [9.17, 15) is 18.9 Å². The molecule has 0 radical (unpaired) electrons. The Morgan fingerprint density at radius 3 is 2.00 bits per heavy atom. The number of aliphatic imine (C=N–C) groups is 1. The third-order valence-corrected chi connectivity index (χ3v) is 9.06. The zero-order chi connectivity index (χ0) is 36.3. The second-order valence-electron chi connectivity index (χ2n) is 12.1. The molecule has 5 unspecified atom stereocenters. The van der Waals surface area contributed by atoms with Crippen LogP contribution in [-0.2, 0) is 47.1 Å². The number of nitrogens with two attached hydrogens (primary N) is 1. The summed E-state index contributed by atoms with van der Waals surface area (Å²) >= 11 is 0. The van der Waals surface area contributed by atoms with E-state index in [1.807, 2.05) is 27.7 Å². The zero-order valence-electron chi connectivity index (χ0n) is 29.4. The number of rotatable bonds is 19. The van der Waals surface area contributed by atoms with Gasteiger partial charge in [-0.05, 0) is 45.4 Å². The van der Waals surface area contributed by atoms with Crippen LogP contribution in [0.4, 0.5) is 4.79 Å². The summed E-state index contributed by atoms with van der Waals surface area (Å²) in [6.45, 7) is 15.7. The largest absolute Gasteiger partial charge is 0.509 e. The van der Waals surface area contributed by atoms with Crippen molar-refractivity contribution in [2.24, 2.45) is 22.6 Å². The summed E-state index contributed by atoms with van der Waals surface area (Å²) in [6.07, 6.45) is -2.55. The molecule has 1 aliphatic heterocycles. The first-order valence-electron chi connectivity index (χ1n) is 15.5. The number of methoxy groups -OCH3 is 3. The third kappa shape index (κ3) is 11.6. The lowest BCUT2D eigenvalue weighted by atomic mass is 10.1. The number of nitrogens with zero attached hydrogens (tertiary/aromatic N) is 3. The molecular weight excluding hydrogens is 651 g/mol. The second kappa shape index (κ2) is 18.3. The number of nitrogens with one attached hydrogen (secondary N) is 2. The molecule has 6 atom stereocenters. The Hall–Kier alpha value is -3.50. The van der Waals surface area contributed by atoms with Crippen molar-refractivity contribution in [3.63, 3.8) is 0 Å². The third-order valence-electron chi connectivity index (χ3n) is 7.25. The first-order chi connectivity index (χ1) is 22.4. The summed E-state index contributed by atoms with van der Waals surface area (Å²) in [6, 6.07) is -2.13. The fraction of sp³-hybridized carbons (Fsp3) is 0.700. The van der Waals surface area contributed by atoms with Crippen molar-refractivity contribution in [3.8, 4) is 0 Å². The number of esters is 2. The van der Waals surface area contributed by atoms with E-state index >= 15 is 0 Å². The maximum Gasteiger partial charge on any atom is 0.509 e. The minimum absolute atomic E-state index is 0.00940. The molecule has 1 fully saturated rings. The molecule has 4 N–H and O–H groups in total. The van der Waals surface area contributed by atoms with Gasteiger partial charge >= 0.3 is 25.8 Å². The lowest BCUT2D eigenvalue weighted by Crippen LogP contribution is -2.46. The summed E-state index contributed by atoms with van der Waals surface area (Å²) in [5.74, 6) is -1.21. The van der Waals surface area contributed by atoms with Crippen LogP contribution in [0.25, 0.3) is 0 Å². The van der Waals surface area contributed by atoms with Crippen LogP contribution in [-0.4, -0.2) is 91.9 Å². The topological polar surface area (TPSA) is 213 Å². The maximum atomic E-state index is 14.6. The number of hydrogen-bond donors (Lipinski definition) is 3. The minimum Gasteiger partial charge on any atom is -0.479 e. The molecule has 18 heteroatoms. The number of hydrogen-bond acceptors (Lipinski definition) is 14. The van der Waals surface area contributed by atoms with Gasteiger partial charge in [0.2, 0.25) is 5.90 Å². The van der Waals surface area contributed by atoms with Crippen molar-refractivity contribution in [3.05, 3.63) is 30.1 Å². The molecule has 0 spiro atoms. The molecule has 1 saturated heterocycles. The van der Waals surface area contributed by atoms with Crippen molar-refractivity contribution in [2.45, 2.75) is 97.9 Å². The van der Waals surface area contributed by atoms with Gasteiger partial charge in [-0.25, -0.2) is 20.0 Å². The van der Waals surface area contributed by atoms with Crippen LogP contribution >= 0.6 is 7.67 Å². The van der Waals surface area contributed by atoms with Gasteiger partial charge in [0.1, 0.15) is 42.0 Å². The Morgan fingerprint density at radius 2 is 1.58 bits per heavy atom. The standard InChI is InChI=1S/C30H51N6O11P/c1-16(2)12-22(28(37)42-10)34-48(40,35-23(13-17(3)4)29(38)43-11)44-14-24(26-19(6)45-30(39)47-26)46-21(8)36-15-32-25(18(36)5)27(41-9)33-20(7)31/h15-17,19,21-24,26H,7,12-14,31H2,1-6,8-11H3,(H2,34,35,40)/t19?,21?,22?,23?,24-,26?,48?/m1/s1. The van der Waals surface area contributed by atoms with Crippen LogP contribution in [0.15, 0.2) is 23.7 Å². The Labute approximate surface area is 281 Å². The number of cyclic esters (lactones) is 2. The van der Waals surface area contributed by atoms with Crippen LogP contribution in [0.1, 0.15) is 72.0 Å². The molecule has 0 amide bonds. The summed E-state index contributed by atoms with van der Waals surface area (Å²) in [7, 11) is -0.449. The van der Waals surface area contributed by atoms with Crippen molar-refractivity contribution in [1.82, 2.24) is 19.7 Å². The van der Waals surface area contributed by atoms with Gasteiger partial charge in [0.05, 0.1) is 34.3 Å². The van der Waals surface area contributed by atoms with Gasteiger partial charge in [-0.3, -0.25) is 14.2 Å². The van der Waals surface area contributed by atoms with E-state index in [1.54, 1.807) is 25.3 Å². The fourth-order valence-corrected chi connectivity index (χ4v) is 6.84. The molecule has 1 aliphatic rings. The quantitative estimate of drug-likeness (QED) is 0.0620. The van der Waals surface area contributed by atoms with Gasteiger partial charge in [0, 0.05) is 5.69 Å². The number of carbonyl (C=O) groups is 3. The highest BCUT2D eigenvalue weighted by Crippen LogP contribution is 2.42. The van der Waals surface area contributed by atoms with Crippen molar-refractivity contribution >= 4 is 31.7 Å². The lowest BCUT2D eigenvalue weighted by molar-refractivity contribution is -0.143. The van der Waals surface area contributed by atoms with E-state index in [0.29, 0.717) is 11.4 Å². The summed E-state index contributed by atoms with van der Waals surface area (Å²) in [5.41, 5.74) is 6.61. The maximum absolute atomic E-state index is 14.6. The van der Waals surface area contributed by atoms with Crippen molar-refractivity contribution in [2.75, 3.05) is 27.9 Å². The highest BCUT2D eigenvalue weighted by atomic mass is 31.2. The van der Waals surface area contributed by atoms with Crippen LogP contribution in [0.2, 0.25) is 0 Å². The molecule has 17 nitrogen and oxygen atoms in total. The van der Waals surface area contributed by atoms with E-state index in [2.05, 4.69) is 26.7 Å². The van der Waals surface area contributed by atoms with Gasteiger partial charge in [-0.15, -0.1) is 0 Å². The van der Waals surface area contributed by atoms with Crippen molar-refractivity contribution in [1.29, 1.82) is 0 Å². The molecular formula is C30H51N6O11P. The molecule has 2 heterocycles. The van der Waals surface area contributed by atoms with Crippen LogP contribution < -0.4 is 15.9 Å². The predicted octanol–water partition coefficient (Wildman–Crippen LogP) is 3.32. The molecule has 1 aromatic rings. The van der Waals surface area contributed by atoms with E-state index < -0.39 is 69.0 Å². The van der Waals surface area contributed by atoms with Crippen LogP contribution in [0.3, 0.4) is 0 Å². The second-order valence-corrected chi connectivity index (χ2v) is 14.0. The van der Waals surface area contributed by atoms with Crippen LogP contribution in [0.5, 0.6) is 0 Å². The van der Waals surface area contributed by atoms with E-state index in [1.165, 1.54) is 27.7 Å². The molecule has 0 saturated carbocycles. The molecule has 0 bridgehead atoms. The number of aromatic nitrogens is 2. The highest BCUT2D eigenvalue weighted by Gasteiger charge is 2.44. The number of carbonyl (C=O) groups excluding carboxylic acids is 3. The zero-order valence-corrected chi connectivity index (χ0v) is 30.3. The Balaban J connectivity index is 2.50. The normalized spacial score (nSPS) is 20.3. The predicted molar refractivity (Wildman–Crippen MR) is 175 cm³/mol. The highest BCUT2D eigenvalue weighted by molar-refractivity contribution is 7.54. The summed E-state index contributed by atoms with van der Waals surface area (Å²) in [4.78, 5) is 46.1. The van der Waals surface area contributed by atoms with E-state index in [0.717, 1.165) is 0 Å². The van der Waals surface area contributed by atoms with Gasteiger partial charge in [-0.1, -0.05) is 34.3 Å². The fourth-order valence-electron chi connectivity index (χ4n) is 5.02. The molecule has 1 aromatic heterocycles. The number of imidazole rings is 1. The lowest BCUT2D eigenvalue weighted by Gasteiger charge is -2.32. The molecule has 48 heavy (non-hydrogen) atoms. The SMILES string of the molecule is C=C(N)N=C(OC)c1ncn(C(C)O[C@H](COP(=O)(NC(CC(C)C)C(=O)OC)NC(CC(C)C)C(=O)OC)C2OC(=O)OC2C)c1C. The van der Waals surface area contributed by atoms with Gasteiger partial charge < -0.3 is 43.2 Å². The summed E-state index contributed by atoms with van der Waals surface area (Å²) in [5, 5.41) is 5.56. The Bertz CT molecular complexity index is 1310. The minimum atomic E-state index is -4.29.